The first-order valence-corrected chi connectivity index (χ1v) is 7.22. The molecule has 0 aliphatic carbocycles. The topological polar surface area (TPSA) is 54.9 Å². The largest absolute Gasteiger partial charge is 0.383 e. The predicted octanol–water partition coefficient (Wildman–Crippen LogP) is 1.64. The van der Waals surface area contributed by atoms with Crippen LogP contribution in [-0.2, 0) is 9.47 Å². The zero-order valence-corrected chi connectivity index (χ0v) is 12.6. The summed E-state index contributed by atoms with van der Waals surface area (Å²) in [6, 6.07) is 4.40. The summed E-state index contributed by atoms with van der Waals surface area (Å²) in [6.45, 7) is 4.75. The zero-order valence-electron chi connectivity index (χ0n) is 11.8. The van der Waals surface area contributed by atoms with Gasteiger partial charge in [-0.15, -0.1) is 11.3 Å². The van der Waals surface area contributed by atoms with Gasteiger partial charge in [0.15, 0.2) is 5.96 Å². The predicted molar refractivity (Wildman–Crippen MR) is 79.9 cm³/mol. The number of nitrogens with zero attached hydrogens (tertiary/aromatic N) is 1. The van der Waals surface area contributed by atoms with Crippen molar-refractivity contribution in [2.75, 3.05) is 40.5 Å². The van der Waals surface area contributed by atoms with E-state index in [9.17, 15) is 0 Å². The Morgan fingerprint density at radius 2 is 2.16 bits per heavy atom. The highest BCUT2D eigenvalue weighted by atomic mass is 32.1. The summed E-state index contributed by atoms with van der Waals surface area (Å²) in [5.41, 5.74) is 0. The third kappa shape index (κ3) is 6.56. The van der Waals surface area contributed by atoms with Crippen LogP contribution in [0.25, 0.3) is 0 Å². The fraction of sp³-hybridized carbons (Fsp3) is 0.615. The molecule has 1 rings (SSSR count). The minimum absolute atomic E-state index is 0.233. The molecule has 0 amide bonds. The molecule has 0 spiro atoms. The minimum Gasteiger partial charge on any atom is -0.383 e. The molecule has 2 N–H and O–H groups in total. The molecular weight excluding hydrogens is 262 g/mol. The highest BCUT2D eigenvalue weighted by molar-refractivity contribution is 7.10. The maximum Gasteiger partial charge on any atom is 0.191 e. The normalized spacial score (nSPS) is 13.3. The van der Waals surface area contributed by atoms with Gasteiger partial charge in [0.2, 0.25) is 0 Å². The van der Waals surface area contributed by atoms with Gasteiger partial charge >= 0.3 is 0 Å². The van der Waals surface area contributed by atoms with Gasteiger partial charge in [0.25, 0.3) is 0 Å². The van der Waals surface area contributed by atoms with Crippen LogP contribution in [-0.4, -0.2) is 46.5 Å². The van der Waals surface area contributed by atoms with Crippen molar-refractivity contribution in [3.63, 3.8) is 0 Å². The minimum atomic E-state index is 0.233. The molecule has 1 heterocycles. The first-order chi connectivity index (χ1) is 9.27. The Hall–Kier alpha value is -1.11. The molecule has 0 radical (unpaired) electrons. The van der Waals surface area contributed by atoms with Gasteiger partial charge in [-0.3, -0.25) is 4.99 Å². The molecule has 5 nitrogen and oxygen atoms in total. The second kappa shape index (κ2) is 9.77. The average molecular weight is 285 g/mol. The van der Waals surface area contributed by atoms with Crippen molar-refractivity contribution in [1.82, 2.24) is 10.6 Å². The van der Waals surface area contributed by atoms with Crippen molar-refractivity contribution in [3.05, 3.63) is 22.4 Å². The molecule has 0 aromatic carbocycles. The van der Waals surface area contributed by atoms with Gasteiger partial charge in [0.1, 0.15) is 0 Å². The lowest BCUT2D eigenvalue weighted by Gasteiger charge is -2.17. The van der Waals surface area contributed by atoms with Gasteiger partial charge in [-0.25, -0.2) is 0 Å². The summed E-state index contributed by atoms with van der Waals surface area (Å²) in [6.07, 6.45) is 0. The third-order valence-electron chi connectivity index (χ3n) is 2.49. The highest BCUT2D eigenvalue weighted by Gasteiger charge is 2.08. The standard InChI is InChI=1S/C13H23N3O2S/c1-11(12-5-4-10-19-12)16-13(14-6-8-17-2)15-7-9-18-3/h4-5,10-11H,6-9H2,1-3H3,(H2,14,15,16). The van der Waals surface area contributed by atoms with Gasteiger partial charge in [0.05, 0.1) is 25.8 Å². The summed E-state index contributed by atoms with van der Waals surface area (Å²) in [5.74, 6) is 0.787. The number of hydrogen-bond acceptors (Lipinski definition) is 4. The molecule has 19 heavy (non-hydrogen) atoms. The number of ether oxygens (including phenoxy) is 2. The number of methoxy groups -OCH3 is 2. The monoisotopic (exact) mass is 285 g/mol. The molecule has 0 fully saturated rings. The van der Waals surface area contributed by atoms with E-state index < -0.39 is 0 Å². The van der Waals surface area contributed by atoms with E-state index >= 15 is 0 Å². The van der Waals surface area contributed by atoms with E-state index in [0.29, 0.717) is 19.8 Å². The highest BCUT2D eigenvalue weighted by Crippen LogP contribution is 2.17. The molecule has 0 saturated heterocycles. The summed E-state index contributed by atoms with van der Waals surface area (Å²) in [4.78, 5) is 5.74. The van der Waals surface area contributed by atoms with Crippen LogP contribution < -0.4 is 10.6 Å². The van der Waals surface area contributed by atoms with E-state index in [4.69, 9.17) is 9.47 Å². The van der Waals surface area contributed by atoms with Crippen LogP contribution in [0.3, 0.4) is 0 Å². The number of nitrogens with one attached hydrogen (secondary N) is 2. The number of aliphatic imine (C=N–C) groups is 1. The van der Waals surface area contributed by atoms with Gasteiger partial charge in [-0.1, -0.05) is 6.07 Å². The molecule has 0 saturated carbocycles. The summed E-state index contributed by atoms with van der Waals surface area (Å²) >= 11 is 1.74. The van der Waals surface area contributed by atoms with Crippen molar-refractivity contribution >= 4 is 17.3 Å². The maximum atomic E-state index is 5.03. The number of hydrogen-bond donors (Lipinski definition) is 2. The lowest BCUT2D eigenvalue weighted by Crippen LogP contribution is -2.40. The van der Waals surface area contributed by atoms with Crippen molar-refractivity contribution in [2.45, 2.75) is 13.0 Å². The number of thiophene rings is 1. The van der Waals surface area contributed by atoms with Crippen LogP contribution in [0.1, 0.15) is 17.8 Å². The van der Waals surface area contributed by atoms with Crippen LogP contribution in [0.15, 0.2) is 22.5 Å². The van der Waals surface area contributed by atoms with E-state index in [1.54, 1.807) is 25.6 Å². The Morgan fingerprint density at radius 3 is 2.79 bits per heavy atom. The average Bonchev–Trinajstić information content (AvgIpc) is 2.93. The molecular formula is C13H23N3O2S. The number of guanidine groups is 1. The van der Waals surface area contributed by atoms with Gasteiger partial charge in [0, 0.05) is 25.6 Å². The zero-order chi connectivity index (χ0) is 13.9. The first-order valence-electron chi connectivity index (χ1n) is 6.34. The first kappa shape index (κ1) is 15.9. The molecule has 1 unspecified atom stereocenters. The van der Waals surface area contributed by atoms with E-state index in [1.807, 2.05) is 0 Å². The Balaban J connectivity index is 2.49. The Kier molecular flexibility index (Phi) is 8.20. The molecule has 0 aliphatic rings. The molecule has 1 aromatic rings. The fourth-order valence-electron chi connectivity index (χ4n) is 1.49. The van der Waals surface area contributed by atoms with Crippen LogP contribution in [0.2, 0.25) is 0 Å². The second-order valence-electron chi connectivity index (χ2n) is 4.02. The van der Waals surface area contributed by atoms with E-state index in [-0.39, 0.29) is 6.04 Å². The fourth-order valence-corrected chi connectivity index (χ4v) is 2.22. The molecule has 0 bridgehead atoms. The quantitative estimate of drug-likeness (QED) is 0.433. The summed E-state index contributed by atoms with van der Waals surface area (Å²) < 4.78 is 10.0. The van der Waals surface area contributed by atoms with Crippen molar-refractivity contribution in [1.29, 1.82) is 0 Å². The second-order valence-corrected chi connectivity index (χ2v) is 5.00. The Bertz CT molecular complexity index is 355. The molecule has 108 valence electrons. The number of rotatable bonds is 8. The molecule has 1 aromatic heterocycles. The maximum absolute atomic E-state index is 5.03. The van der Waals surface area contributed by atoms with Crippen molar-refractivity contribution in [2.24, 2.45) is 4.99 Å². The van der Waals surface area contributed by atoms with Crippen molar-refractivity contribution in [3.8, 4) is 0 Å². The Labute approximate surface area is 119 Å². The van der Waals surface area contributed by atoms with E-state index in [0.717, 1.165) is 12.5 Å². The summed E-state index contributed by atoms with van der Waals surface area (Å²) in [7, 11) is 3.36. The van der Waals surface area contributed by atoms with Crippen LogP contribution >= 0.6 is 11.3 Å². The van der Waals surface area contributed by atoms with Crippen LogP contribution in [0.5, 0.6) is 0 Å². The third-order valence-corrected chi connectivity index (χ3v) is 3.54. The molecule has 0 aliphatic heterocycles. The van der Waals surface area contributed by atoms with Crippen LogP contribution in [0, 0.1) is 0 Å². The van der Waals surface area contributed by atoms with Crippen molar-refractivity contribution < 1.29 is 9.47 Å². The lowest BCUT2D eigenvalue weighted by molar-refractivity contribution is 0.203. The molecule has 1 atom stereocenters. The van der Waals surface area contributed by atoms with Gasteiger partial charge < -0.3 is 20.1 Å². The van der Waals surface area contributed by atoms with E-state index in [1.165, 1.54) is 4.88 Å². The summed E-state index contributed by atoms with van der Waals surface area (Å²) in [5, 5.41) is 8.69. The van der Waals surface area contributed by atoms with E-state index in [2.05, 4.69) is 40.1 Å². The SMILES string of the molecule is COCCN=C(NCCOC)NC(C)c1cccs1. The van der Waals surface area contributed by atoms with Gasteiger partial charge in [-0.2, -0.15) is 0 Å². The lowest BCUT2D eigenvalue weighted by atomic mass is 10.3. The smallest absolute Gasteiger partial charge is 0.191 e. The van der Waals surface area contributed by atoms with Crippen LogP contribution in [0.4, 0.5) is 0 Å². The Morgan fingerprint density at radius 1 is 1.37 bits per heavy atom. The molecule has 6 heteroatoms. The van der Waals surface area contributed by atoms with Gasteiger partial charge in [-0.05, 0) is 18.4 Å².